The van der Waals surface area contributed by atoms with Crippen molar-refractivity contribution in [1.82, 2.24) is 5.32 Å². The van der Waals surface area contributed by atoms with Crippen LogP contribution < -0.4 is 14.8 Å². The number of carbonyl (C=O) groups is 1. The highest BCUT2D eigenvalue weighted by Gasteiger charge is 2.06. The second-order valence-corrected chi connectivity index (χ2v) is 5.74. The number of aryl methyl sites for hydroxylation is 1. The van der Waals surface area contributed by atoms with Crippen molar-refractivity contribution >= 4 is 12.0 Å². The Morgan fingerprint density at radius 3 is 2.65 bits per heavy atom. The molecule has 2 aromatic rings. The van der Waals surface area contributed by atoms with Crippen molar-refractivity contribution in [3.63, 3.8) is 0 Å². The molecular formula is C21H25NO4. The highest BCUT2D eigenvalue weighted by Crippen LogP contribution is 2.29. The summed E-state index contributed by atoms with van der Waals surface area (Å²) in [6, 6.07) is 13.7. The van der Waals surface area contributed by atoms with Crippen LogP contribution in [0.2, 0.25) is 0 Å². The molecule has 0 saturated carbocycles. The molecule has 0 saturated heterocycles. The van der Waals surface area contributed by atoms with Crippen LogP contribution in [0.15, 0.2) is 48.5 Å². The number of rotatable bonds is 9. The van der Waals surface area contributed by atoms with Crippen LogP contribution in [0.4, 0.5) is 0 Å². The van der Waals surface area contributed by atoms with Gasteiger partial charge in [0.25, 0.3) is 0 Å². The highest BCUT2D eigenvalue weighted by atomic mass is 16.5. The Balaban J connectivity index is 2.00. The fraction of sp³-hybridized carbons (Fsp3) is 0.286. The molecule has 5 nitrogen and oxygen atoms in total. The first-order valence-electron chi connectivity index (χ1n) is 8.44. The van der Waals surface area contributed by atoms with E-state index in [1.165, 1.54) is 11.6 Å². The molecule has 0 aliphatic heterocycles. The Bertz CT molecular complexity index is 755. The maximum absolute atomic E-state index is 11.7. The standard InChI is InChI=1S/C21H25NO4/c1-16-6-4-5-7-18(16)15-26-19-10-8-17(14-20(19)25-3)9-11-21(23)22-12-13-24-2/h4-11,14H,12-13,15H2,1-3H3,(H,22,23)/b11-9+. The number of carbonyl (C=O) groups excluding carboxylic acids is 1. The topological polar surface area (TPSA) is 56.8 Å². The summed E-state index contributed by atoms with van der Waals surface area (Å²) in [7, 11) is 3.19. The first-order chi connectivity index (χ1) is 12.6. The van der Waals surface area contributed by atoms with Gasteiger partial charge in [-0.05, 0) is 41.8 Å². The summed E-state index contributed by atoms with van der Waals surface area (Å²) >= 11 is 0. The zero-order valence-corrected chi connectivity index (χ0v) is 15.5. The minimum atomic E-state index is -0.166. The molecule has 0 aliphatic carbocycles. The number of hydrogen-bond donors (Lipinski definition) is 1. The van der Waals surface area contributed by atoms with E-state index in [9.17, 15) is 4.79 Å². The SMILES string of the molecule is COCCNC(=O)/C=C/c1ccc(OCc2ccccc2C)c(OC)c1. The first kappa shape index (κ1) is 19.5. The molecule has 0 bridgehead atoms. The van der Waals surface area contributed by atoms with E-state index in [1.807, 2.05) is 36.4 Å². The van der Waals surface area contributed by atoms with E-state index in [4.69, 9.17) is 14.2 Å². The third-order valence-electron chi connectivity index (χ3n) is 3.86. The Kier molecular flexibility index (Phi) is 7.71. The molecule has 138 valence electrons. The van der Waals surface area contributed by atoms with Gasteiger partial charge in [-0.2, -0.15) is 0 Å². The molecule has 0 radical (unpaired) electrons. The molecule has 0 spiro atoms. The summed E-state index contributed by atoms with van der Waals surface area (Å²) in [4.78, 5) is 11.7. The molecular weight excluding hydrogens is 330 g/mol. The summed E-state index contributed by atoms with van der Waals surface area (Å²) in [6.45, 7) is 3.50. The average molecular weight is 355 g/mol. The van der Waals surface area contributed by atoms with Crippen LogP contribution in [0.25, 0.3) is 6.08 Å². The lowest BCUT2D eigenvalue weighted by Crippen LogP contribution is -2.24. The summed E-state index contributed by atoms with van der Waals surface area (Å²) in [6.07, 6.45) is 3.22. The van der Waals surface area contributed by atoms with Gasteiger partial charge < -0.3 is 19.5 Å². The van der Waals surface area contributed by atoms with E-state index in [0.717, 1.165) is 11.1 Å². The van der Waals surface area contributed by atoms with E-state index >= 15 is 0 Å². The van der Waals surface area contributed by atoms with Crippen molar-refractivity contribution in [1.29, 1.82) is 0 Å². The maximum Gasteiger partial charge on any atom is 0.244 e. The van der Waals surface area contributed by atoms with Crippen LogP contribution in [0.3, 0.4) is 0 Å². The van der Waals surface area contributed by atoms with E-state index in [0.29, 0.717) is 31.3 Å². The first-order valence-corrected chi connectivity index (χ1v) is 8.44. The van der Waals surface area contributed by atoms with Gasteiger partial charge >= 0.3 is 0 Å². The third kappa shape index (κ3) is 5.93. The molecule has 0 fully saturated rings. The van der Waals surface area contributed by atoms with Crippen LogP contribution in [0.1, 0.15) is 16.7 Å². The third-order valence-corrected chi connectivity index (χ3v) is 3.86. The summed E-state index contributed by atoms with van der Waals surface area (Å²) < 4.78 is 16.2. The number of hydrogen-bond acceptors (Lipinski definition) is 4. The van der Waals surface area contributed by atoms with E-state index in [2.05, 4.69) is 18.3 Å². The average Bonchev–Trinajstić information content (AvgIpc) is 2.66. The second-order valence-electron chi connectivity index (χ2n) is 5.74. The van der Waals surface area contributed by atoms with Gasteiger partial charge in [-0.1, -0.05) is 30.3 Å². The monoisotopic (exact) mass is 355 g/mol. The predicted octanol–water partition coefficient (Wildman–Crippen LogP) is 3.36. The van der Waals surface area contributed by atoms with Gasteiger partial charge in [0.15, 0.2) is 11.5 Å². The van der Waals surface area contributed by atoms with Crippen LogP contribution in [0, 0.1) is 6.92 Å². The Hall–Kier alpha value is -2.79. The van der Waals surface area contributed by atoms with E-state index in [1.54, 1.807) is 20.3 Å². The van der Waals surface area contributed by atoms with Crippen LogP contribution in [-0.2, 0) is 16.1 Å². The maximum atomic E-state index is 11.7. The van der Waals surface area contributed by atoms with E-state index in [-0.39, 0.29) is 5.91 Å². The zero-order valence-electron chi connectivity index (χ0n) is 15.5. The molecule has 1 amide bonds. The summed E-state index contributed by atoms with van der Waals surface area (Å²) in [5.74, 6) is 1.12. The molecule has 0 atom stereocenters. The Morgan fingerprint density at radius 1 is 1.12 bits per heavy atom. The van der Waals surface area contributed by atoms with Gasteiger partial charge in [-0.3, -0.25) is 4.79 Å². The fourth-order valence-corrected chi connectivity index (χ4v) is 2.34. The number of amides is 1. The quantitative estimate of drug-likeness (QED) is 0.554. The zero-order chi connectivity index (χ0) is 18.8. The molecule has 2 aromatic carbocycles. The molecule has 0 heterocycles. The molecule has 5 heteroatoms. The number of benzene rings is 2. The predicted molar refractivity (Wildman–Crippen MR) is 102 cm³/mol. The number of nitrogens with one attached hydrogen (secondary N) is 1. The number of ether oxygens (including phenoxy) is 3. The minimum Gasteiger partial charge on any atom is -0.493 e. The number of methoxy groups -OCH3 is 2. The van der Waals surface area contributed by atoms with Crippen LogP contribution >= 0.6 is 0 Å². The van der Waals surface area contributed by atoms with Crippen molar-refractivity contribution in [2.75, 3.05) is 27.4 Å². The fourth-order valence-electron chi connectivity index (χ4n) is 2.34. The van der Waals surface area contributed by atoms with Crippen LogP contribution in [-0.4, -0.2) is 33.3 Å². The molecule has 0 aromatic heterocycles. The lowest BCUT2D eigenvalue weighted by Gasteiger charge is -2.12. The van der Waals surface area contributed by atoms with Crippen molar-refractivity contribution in [2.24, 2.45) is 0 Å². The van der Waals surface area contributed by atoms with Crippen LogP contribution in [0.5, 0.6) is 11.5 Å². The second kappa shape index (κ2) is 10.3. The van der Waals surface area contributed by atoms with Gasteiger partial charge in [-0.15, -0.1) is 0 Å². The smallest absolute Gasteiger partial charge is 0.244 e. The summed E-state index contributed by atoms with van der Waals surface area (Å²) in [5.41, 5.74) is 3.17. The van der Waals surface area contributed by atoms with Crippen molar-refractivity contribution < 1.29 is 19.0 Å². The molecule has 26 heavy (non-hydrogen) atoms. The Labute approximate surface area is 154 Å². The minimum absolute atomic E-state index is 0.166. The normalized spacial score (nSPS) is 10.7. The van der Waals surface area contributed by atoms with Gasteiger partial charge in [0.2, 0.25) is 5.91 Å². The molecule has 0 unspecified atom stereocenters. The lowest BCUT2D eigenvalue weighted by molar-refractivity contribution is -0.116. The van der Waals surface area contributed by atoms with Crippen molar-refractivity contribution in [3.05, 3.63) is 65.2 Å². The van der Waals surface area contributed by atoms with Gasteiger partial charge in [0.05, 0.1) is 13.7 Å². The van der Waals surface area contributed by atoms with E-state index < -0.39 is 0 Å². The largest absolute Gasteiger partial charge is 0.493 e. The van der Waals surface area contributed by atoms with Crippen molar-refractivity contribution in [2.45, 2.75) is 13.5 Å². The van der Waals surface area contributed by atoms with Crippen molar-refractivity contribution in [3.8, 4) is 11.5 Å². The molecule has 0 aliphatic rings. The lowest BCUT2D eigenvalue weighted by atomic mass is 10.1. The van der Waals surface area contributed by atoms with Gasteiger partial charge in [0, 0.05) is 19.7 Å². The van der Waals surface area contributed by atoms with Gasteiger partial charge in [0.1, 0.15) is 6.61 Å². The Morgan fingerprint density at radius 2 is 1.92 bits per heavy atom. The highest BCUT2D eigenvalue weighted by molar-refractivity contribution is 5.91. The molecule has 2 rings (SSSR count). The molecule has 1 N–H and O–H groups in total. The van der Waals surface area contributed by atoms with Gasteiger partial charge in [-0.25, -0.2) is 0 Å². The summed E-state index contributed by atoms with van der Waals surface area (Å²) in [5, 5.41) is 2.73.